The third-order valence-corrected chi connectivity index (χ3v) is 5.87. The van der Waals surface area contributed by atoms with E-state index in [4.69, 9.17) is 27.6 Å². The molecule has 1 aromatic heterocycles. The second kappa shape index (κ2) is 6.90. The van der Waals surface area contributed by atoms with Gasteiger partial charge in [-0.2, -0.15) is 4.99 Å². The third-order valence-electron chi connectivity index (χ3n) is 4.09. The number of hydrogen-bond acceptors (Lipinski definition) is 4. The summed E-state index contributed by atoms with van der Waals surface area (Å²) < 4.78 is 5.83. The van der Waals surface area contributed by atoms with E-state index in [0.717, 1.165) is 36.7 Å². The van der Waals surface area contributed by atoms with Crippen molar-refractivity contribution in [2.75, 3.05) is 13.1 Å². The monoisotopic (exact) mass is 392 g/mol. The average Bonchev–Trinajstić information content (AvgIpc) is 3.32. The molecule has 0 unspecified atom stereocenters. The van der Waals surface area contributed by atoms with Gasteiger partial charge < -0.3 is 9.32 Å². The van der Waals surface area contributed by atoms with E-state index in [1.807, 2.05) is 18.2 Å². The molecule has 0 N–H and O–H groups in total. The van der Waals surface area contributed by atoms with Gasteiger partial charge in [0.25, 0.3) is 5.91 Å². The summed E-state index contributed by atoms with van der Waals surface area (Å²) in [6, 6.07) is 8.99. The molecule has 1 saturated heterocycles. The van der Waals surface area contributed by atoms with Crippen LogP contribution in [0.25, 0.3) is 17.4 Å². The summed E-state index contributed by atoms with van der Waals surface area (Å²) in [4.78, 5) is 19.0. The zero-order valence-corrected chi connectivity index (χ0v) is 15.5. The van der Waals surface area contributed by atoms with Crippen molar-refractivity contribution in [3.63, 3.8) is 0 Å². The first-order valence-corrected chi connectivity index (χ1v) is 9.50. The largest absolute Gasteiger partial charge is 0.457 e. The van der Waals surface area contributed by atoms with Crippen LogP contribution < -0.4 is 0 Å². The number of likely N-dealkylation sites (tertiary alicyclic amines) is 1. The molecule has 0 radical (unpaired) electrons. The highest BCUT2D eigenvalue weighted by molar-refractivity contribution is 8.18. The van der Waals surface area contributed by atoms with Crippen molar-refractivity contribution >= 4 is 52.1 Å². The molecule has 4 nitrogen and oxygen atoms in total. The predicted molar refractivity (Wildman–Crippen MR) is 103 cm³/mol. The second-order valence-corrected chi connectivity index (χ2v) is 7.66. The van der Waals surface area contributed by atoms with Crippen molar-refractivity contribution in [1.82, 2.24) is 4.90 Å². The van der Waals surface area contributed by atoms with Crippen LogP contribution in [0.15, 0.2) is 44.6 Å². The molecule has 0 bridgehead atoms. The zero-order chi connectivity index (χ0) is 17.4. The van der Waals surface area contributed by atoms with Gasteiger partial charge in [-0.3, -0.25) is 4.79 Å². The molecule has 0 saturated carbocycles. The van der Waals surface area contributed by atoms with Crippen LogP contribution in [-0.2, 0) is 4.79 Å². The van der Waals surface area contributed by atoms with Crippen molar-refractivity contribution in [3.8, 4) is 11.3 Å². The molecular weight excluding hydrogens is 379 g/mol. The Morgan fingerprint density at radius 1 is 1.12 bits per heavy atom. The van der Waals surface area contributed by atoms with Gasteiger partial charge in [0, 0.05) is 24.7 Å². The maximum atomic E-state index is 12.1. The maximum Gasteiger partial charge on any atom is 0.286 e. The lowest BCUT2D eigenvalue weighted by molar-refractivity contribution is -0.113. The Morgan fingerprint density at radius 3 is 2.68 bits per heavy atom. The topological polar surface area (TPSA) is 45.8 Å². The molecule has 128 valence electrons. The van der Waals surface area contributed by atoms with E-state index in [-0.39, 0.29) is 5.91 Å². The number of aliphatic imine (C=N–C) groups is 1. The number of furan rings is 1. The van der Waals surface area contributed by atoms with Gasteiger partial charge in [-0.25, -0.2) is 0 Å². The number of carbonyl (C=O) groups excluding carboxylic acids is 1. The van der Waals surface area contributed by atoms with Crippen molar-refractivity contribution in [3.05, 3.63) is 51.0 Å². The van der Waals surface area contributed by atoms with E-state index in [9.17, 15) is 4.79 Å². The molecule has 2 aliphatic rings. The number of thioether (sulfide) groups is 1. The molecule has 3 heterocycles. The average molecular weight is 393 g/mol. The van der Waals surface area contributed by atoms with Gasteiger partial charge in [0.1, 0.15) is 11.5 Å². The predicted octanol–water partition coefficient (Wildman–Crippen LogP) is 5.32. The number of amides is 1. The Bertz CT molecular complexity index is 898. The van der Waals surface area contributed by atoms with Gasteiger partial charge in [-0.05, 0) is 54.9 Å². The highest BCUT2D eigenvalue weighted by Gasteiger charge is 2.27. The summed E-state index contributed by atoms with van der Waals surface area (Å²) >= 11 is 13.4. The Balaban J connectivity index is 1.54. The summed E-state index contributed by atoms with van der Waals surface area (Å²) in [6.07, 6.45) is 4.04. The molecule has 0 aliphatic carbocycles. The Labute approximate surface area is 159 Å². The summed E-state index contributed by atoms with van der Waals surface area (Å²) in [5, 5.41) is 1.77. The van der Waals surface area contributed by atoms with E-state index in [1.165, 1.54) is 11.8 Å². The van der Waals surface area contributed by atoms with Crippen LogP contribution in [-0.4, -0.2) is 29.1 Å². The fraction of sp³-hybridized carbons (Fsp3) is 0.222. The summed E-state index contributed by atoms with van der Waals surface area (Å²) in [7, 11) is 0. The molecule has 2 aromatic rings. The lowest BCUT2D eigenvalue weighted by Crippen LogP contribution is -2.23. The van der Waals surface area contributed by atoms with E-state index >= 15 is 0 Å². The minimum Gasteiger partial charge on any atom is -0.457 e. The Hall–Kier alpha value is -1.69. The molecule has 2 aliphatic heterocycles. The smallest absolute Gasteiger partial charge is 0.286 e. The number of benzene rings is 1. The number of rotatable bonds is 2. The minimum absolute atomic E-state index is 0.209. The molecule has 25 heavy (non-hydrogen) atoms. The van der Waals surface area contributed by atoms with Gasteiger partial charge in [-0.15, -0.1) is 0 Å². The van der Waals surface area contributed by atoms with E-state index < -0.39 is 0 Å². The molecule has 0 atom stereocenters. The highest BCUT2D eigenvalue weighted by Crippen LogP contribution is 2.34. The zero-order valence-electron chi connectivity index (χ0n) is 13.2. The fourth-order valence-electron chi connectivity index (χ4n) is 2.81. The van der Waals surface area contributed by atoms with Crippen molar-refractivity contribution in [2.45, 2.75) is 12.8 Å². The quantitative estimate of drug-likeness (QED) is 0.648. The van der Waals surface area contributed by atoms with Gasteiger partial charge in [0.15, 0.2) is 5.17 Å². The van der Waals surface area contributed by atoms with E-state index in [1.54, 1.807) is 18.2 Å². The number of hydrogen-bond donors (Lipinski definition) is 0. The number of amidine groups is 1. The van der Waals surface area contributed by atoms with Crippen LogP contribution in [0.4, 0.5) is 0 Å². The standard InChI is InChI=1S/C18H14Cl2N2O2S/c19-13-5-3-11(9-14(13)20)15-6-4-12(24-15)10-16-17(23)21-18(25-16)22-7-1-2-8-22/h3-6,9-10H,1-2,7-8H2/b16-10+. The summed E-state index contributed by atoms with van der Waals surface area (Å²) in [6.45, 7) is 1.93. The molecule has 7 heteroatoms. The first-order chi connectivity index (χ1) is 12.1. The Morgan fingerprint density at radius 2 is 1.92 bits per heavy atom. The molecular formula is C18H14Cl2N2O2S. The lowest BCUT2D eigenvalue weighted by Gasteiger charge is -2.14. The summed E-state index contributed by atoms with van der Waals surface area (Å²) in [5.74, 6) is 1.07. The van der Waals surface area contributed by atoms with Crippen LogP contribution in [0.1, 0.15) is 18.6 Å². The minimum atomic E-state index is -0.209. The third kappa shape index (κ3) is 3.50. The first kappa shape index (κ1) is 16.8. The van der Waals surface area contributed by atoms with Crippen molar-refractivity contribution in [2.24, 2.45) is 4.99 Å². The summed E-state index contributed by atoms with van der Waals surface area (Å²) in [5.41, 5.74) is 0.832. The number of nitrogens with zero attached hydrogens (tertiary/aromatic N) is 2. The second-order valence-electron chi connectivity index (χ2n) is 5.84. The fourth-order valence-corrected chi connectivity index (χ4v) is 4.05. The molecule has 1 aromatic carbocycles. The van der Waals surface area contributed by atoms with Gasteiger partial charge in [0.2, 0.25) is 0 Å². The molecule has 1 amide bonds. The normalized spacial score (nSPS) is 19.1. The highest BCUT2D eigenvalue weighted by atomic mass is 35.5. The number of halogens is 2. The molecule has 0 spiro atoms. The molecule has 1 fully saturated rings. The SMILES string of the molecule is O=C1N=C(N2CCCC2)S/C1=C/c1ccc(-c2ccc(Cl)c(Cl)c2)o1. The maximum absolute atomic E-state index is 12.1. The van der Waals surface area contributed by atoms with Crippen LogP contribution in [0.5, 0.6) is 0 Å². The van der Waals surface area contributed by atoms with Crippen molar-refractivity contribution < 1.29 is 9.21 Å². The van der Waals surface area contributed by atoms with Crippen molar-refractivity contribution in [1.29, 1.82) is 0 Å². The van der Waals surface area contributed by atoms with Gasteiger partial charge >= 0.3 is 0 Å². The van der Waals surface area contributed by atoms with Crippen LogP contribution in [0, 0.1) is 0 Å². The van der Waals surface area contributed by atoms with Crippen LogP contribution in [0.2, 0.25) is 10.0 Å². The number of carbonyl (C=O) groups is 1. The van der Waals surface area contributed by atoms with Gasteiger partial charge in [-0.1, -0.05) is 23.2 Å². The van der Waals surface area contributed by atoms with Crippen LogP contribution >= 0.6 is 35.0 Å². The van der Waals surface area contributed by atoms with E-state index in [2.05, 4.69) is 9.89 Å². The van der Waals surface area contributed by atoms with E-state index in [0.29, 0.717) is 26.5 Å². The van der Waals surface area contributed by atoms with Crippen LogP contribution in [0.3, 0.4) is 0 Å². The molecule has 4 rings (SSSR count). The lowest BCUT2D eigenvalue weighted by atomic mass is 10.2. The van der Waals surface area contributed by atoms with Gasteiger partial charge in [0.05, 0.1) is 15.0 Å². The Kier molecular flexibility index (Phi) is 4.63. The first-order valence-electron chi connectivity index (χ1n) is 7.93.